The van der Waals surface area contributed by atoms with Crippen LogP contribution in [0.4, 0.5) is 0 Å². The van der Waals surface area contributed by atoms with Crippen LogP contribution in [-0.4, -0.2) is 91.8 Å². The SMILES string of the molecule is CC(C)C[C@H](O)[C@H](O)[C@@H](CC1CCCCC1)NC(=O)[C@@H](CC1CC1)NC(=O)C(Cc1ccccc1)CS(=O)(=O)CCN(C)C. The van der Waals surface area contributed by atoms with E-state index in [9.17, 15) is 28.2 Å². The molecule has 5 atom stereocenters. The Balaban J connectivity index is 1.78. The summed E-state index contributed by atoms with van der Waals surface area (Å²) in [7, 11) is 0.0833. The van der Waals surface area contributed by atoms with E-state index in [0.29, 0.717) is 37.6 Å². The van der Waals surface area contributed by atoms with E-state index in [4.69, 9.17) is 0 Å². The number of sulfone groups is 1. The lowest BCUT2D eigenvalue weighted by atomic mass is 9.82. The van der Waals surface area contributed by atoms with Crippen molar-refractivity contribution >= 4 is 21.7 Å². The predicted octanol–water partition coefficient (Wildman–Crippen LogP) is 3.33. The molecule has 1 aromatic carbocycles. The number of rotatable bonds is 19. The van der Waals surface area contributed by atoms with Gasteiger partial charge in [0.1, 0.15) is 12.1 Å². The molecule has 2 fully saturated rings. The third-order valence-corrected chi connectivity index (χ3v) is 10.8. The van der Waals surface area contributed by atoms with Crippen molar-refractivity contribution in [3.63, 3.8) is 0 Å². The molecule has 2 amide bonds. The Bertz CT molecular complexity index is 1120. The number of carbonyl (C=O) groups is 2. The zero-order valence-electron chi connectivity index (χ0n) is 27.3. The number of hydrogen-bond acceptors (Lipinski definition) is 7. The van der Waals surface area contributed by atoms with Gasteiger partial charge in [0, 0.05) is 6.54 Å². The highest BCUT2D eigenvalue weighted by Gasteiger charge is 2.37. The first-order valence-electron chi connectivity index (χ1n) is 16.7. The third kappa shape index (κ3) is 13.2. The fraction of sp³-hybridized carbons (Fsp3) is 0.765. The van der Waals surface area contributed by atoms with Gasteiger partial charge >= 0.3 is 0 Å². The van der Waals surface area contributed by atoms with Crippen LogP contribution in [0.1, 0.15) is 83.6 Å². The Morgan fingerprint density at radius 2 is 1.55 bits per heavy atom. The van der Waals surface area contributed by atoms with E-state index < -0.39 is 46.0 Å². The summed E-state index contributed by atoms with van der Waals surface area (Å²) in [6.07, 6.45) is 7.08. The normalized spacial score (nSPS) is 19.7. The van der Waals surface area contributed by atoms with E-state index in [1.807, 2.05) is 58.3 Å². The average molecular weight is 636 g/mol. The van der Waals surface area contributed by atoms with Crippen LogP contribution in [0.25, 0.3) is 0 Å². The van der Waals surface area contributed by atoms with E-state index in [0.717, 1.165) is 44.1 Å². The standard InChI is InChI=1S/C34H57N3O6S/c1-24(2)19-31(38)32(39)29(21-26-13-9-6-10-14-26)35-34(41)30(22-27-15-16-27)36-33(40)28(20-25-11-7-5-8-12-25)23-44(42,43)18-17-37(3)4/h5,7-8,11-12,24,26-32,38-39H,6,9-10,13-23H2,1-4H3,(H,35,41)(H,36,40)/t28?,29-,30-,31+,32-/m1/s1. The highest BCUT2D eigenvalue weighted by atomic mass is 32.2. The van der Waals surface area contributed by atoms with Crippen molar-refractivity contribution in [3.8, 4) is 0 Å². The van der Waals surface area contributed by atoms with Crippen LogP contribution in [0.15, 0.2) is 30.3 Å². The van der Waals surface area contributed by atoms with Gasteiger partial charge in [0.15, 0.2) is 9.84 Å². The van der Waals surface area contributed by atoms with Crippen molar-refractivity contribution in [2.75, 3.05) is 32.1 Å². The van der Waals surface area contributed by atoms with Gasteiger partial charge in [-0.15, -0.1) is 0 Å². The summed E-state index contributed by atoms with van der Waals surface area (Å²) in [6, 6.07) is 7.87. The van der Waals surface area contributed by atoms with E-state index in [1.54, 1.807) is 4.90 Å². The monoisotopic (exact) mass is 635 g/mol. The molecule has 3 rings (SSSR count). The zero-order chi connectivity index (χ0) is 32.3. The molecule has 4 N–H and O–H groups in total. The molecule has 44 heavy (non-hydrogen) atoms. The van der Waals surface area contributed by atoms with Crippen molar-refractivity contribution in [2.24, 2.45) is 23.7 Å². The van der Waals surface area contributed by atoms with Crippen LogP contribution < -0.4 is 10.6 Å². The fourth-order valence-electron chi connectivity index (χ4n) is 6.28. The van der Waals surface area contributed by atoms with Gasteiger partial charge < -0.3 is 25.7 Å². The van der Waals surface area contributed by atoms with Gasteiger partial charge in [0.05, 0.1) is 29.6 Å². The Morgan fingerprint density at radius 3 is 2.14 bits per heavy atom. The molecular weight excluding hydrogens is 578 g/mol. The van der Waals surface area contributed by atoms with Gasteiger partial charge in [-0.2, -0.15) is 0 Å². The van der Waals surface area contributed by atoms with Crippen LogP contribution in [0.3, 0.4) is 0 Å². The summed E-state index contributed by atoms with van der Waals surface area (Å²) in [5.74, 6) is -1.18. The summed E-state index contributed by atoms with van der Waals surface area (Å²) < 4.78 is 26.1. The molecule has 0 heterocycles. The molecule has 2 aliphatic carbocycles. The molecule has 10 heteroatoms. The first-order chi connectivity index (χ1) is 20.8. The highest BCUT2D eigenvalue weighted by molar-refractivity contribution is 7.91. The topological polar surface area (TPSA) is 136 Å². The lowest BCUT2D eigenvalue weighted by molar-refractivity contribution is -0.132. The number of aliphatic hydroxyl groups is 2. The lowest BCUT2D eigenvalue weighted by Crippen LogP contribution is -2.56. The van der Waals surface area contributed by atoms with Crippen molar-refractivity contribution in [2.45, 2.75) is 109 Å². The maximum absolute atomic E-state index is 13.8. The first kappa shape index (κ1) is 36.5. The number of amides is 2. The zero-order valence-corrected chi connectivity index (χ0v) is 28.1. The number of nitrogens with zero attached hydrogens (tertiary/aromatic N) is 1. The van der Waals surface area contributed by atoms with Gasteiger partial charge in [-0.1, -0.05) is 89.1 Å². The predicted molar refractivity (Wildman–Crippen MR) is 175 cm³/mol. The van der Waals surface area contributed by atoms with Gasteiger partial charge in [0.25, 0.3) is 0 Å². The smallest absolute Gasteiger partial charge is 0.242 e. The van der Waals surface area contributed by atoms with Crippen LogP contribution in [0.2, 0.25) is 0 Å². The minimum atomic E-state index is -3.54. The van der Waals surface area contributed by atoms with E-state index >= 15 is 0 Å². The number of carbonyl (C=O) groups excluding carboxylic acids is 2. The molecule has 250 valence electrons. The van der Waals surface area contributed by atoms with Crippen molar-refractivity contribution < 1.29 is 28.2 Å². The van der Waals surface area contributed by atoms with Gasteiger partial charge in [-0.25, -0.2) is 8.42 Å². The quantitative estimate of drug-likeness (QED) is 0.183. The Labute approximate surface area is 265 Å². The first-order valence-corrected chi connectivity index (χ1v) is 18.5. The maximum Gasteiger partial charge on any atom is 0.242 e. The van der Waals surface area contributed by atoms with Crippen molar-refractivity contribution in [1.29, 1.82) is 0 Å². The van der Waals surface area contributed by atoms with Gasteiger partial charge in [0.2, 0.25) is 11.8 Å². The largest absolute Gasteiger partial charge is 0.390 e. The minimum absolute atomic E-state index is 0.0516. The van der Waals surface area contributed by atoms with Crippen LogP contribution in [-0.2, 0) is 25.8 Å². The van der Waals surface area contributed by atoms with Crippen LogP contribution >= 0.6 is 0 Å². The average Bonchev–Trinajstić information content (AvgIpc) is 3.79. The highest BCUT2D eigenvalue weighted by Crippen LogP contribution is 2.34. The van der Waals surface area contributed by atoms with E-state index in [2.05, 4.69) is 10.6 Å². The van der Waals surface area contributed by atoms with Crippen molar-refractivity contribution in [1.82, 2.24) is 15.5 Å². The molecule has 0 saturated heterocycles. The number of nitrogens with one attached hydrogen (secondary N) is 2. The molecule has 1 unspecified atom stereocenters. The summed E-state index contributed by atoms with van der Waals surface area (Å²) >= 11 is 0. The van der Waals surface area contributed by atoms with E-state index in [-0.39, 0.29) is 29.8 Å². The summed E-state index contributed by atoms with van der Waals surface area (Å²) in [4.78, 5) is 29.4. The van der Waals surface area contributed by atoms with Crippen molar-refractivity contribution in [3.05, 3.63) is 35.9 Å². The van der Waals surface area contributed by atoms with Gasteiger partial charge in [-0.05, 0) is 63.1 Å². The molecular formula is C34H57N3O6S. The molecule has 9 nitrogen and oxygen atoms in total. The Kier molecular flexibility index (Phi) is 14.6. The summed E-state index contributed by atoms with van der Waals surface area (Å²) in [6.45, 7) is 4.33. The second kappa shape index (κ2) is 17.6. The second-order valence-corrected chi connectivity index (χ2v) is 16.3. The summed E-state index contributed by atoms with van der Waals surface area (Å²) in [5.41, 5.74) is 0.855. The van der Waals surface area contributed by atoms with Crippen LogP contribution in [0.5, 0.6) is 0 Å². The fourth-order valence-corrected chi connectivity index (χ4v) is 7.98. The lowest BCUT2D eigenvalue weighted by Gasteiger charge is -2.34. The summed E-state index contributed by atoms with van der Waals surface area (Å²) in [5, 5.41) is 28.0. The molecule has 0 bridgehead atoms. The number of benzene rings is 1. The Morgan fingerprint density at radius 1 is 0.909 bits per heavy atom. The number of aliphatic hydroxyl groups excluding tert-OH is 2. The molecule has 0 spiro atoms. The molecule has 2 aliphatic rings. The molecule has 1 aromatic rings. The van der Waals surface area contributed by atoms with E-state index in [1.165, 1.54) is 6.42 Å². The van der Waals surface area contributed by atoms with Gasteiger partial charge in [-0.3, -0.25) is 9.59 Å². The molecule has 2 saturated carbocycles. The van der Waals surface area contributed by atoms with Crippen LogP contribution in [0, 0.1) is 23.7 Å². The second-order valence-electron chi connectivity index (χ2n) is 14.1. The maximum atomic E-state index is 13.8. The third-order valence-electron chi connectivity index (χ3n) is 9.06. The molecule has 0 aromatic heterocycles. The molecule has 0 radical (unpaired) electrons. The number of hydrogen-bond donors (Lipinski definition) is 4. The minimum Gasteiger partial charge on any atom is -0.390 e. The molecule has 0 aliphatic heterocycles. The Hall–Kier alpha value is -2.01.